The third kappa shape index (κ3) is 4.42. The van der Waals surface area contributed by atoms with Crippen molar-refractivity contribution < 1.29 is 19.4 Å². The maximum Gasteiger partial charge on any atom is 0.328 e. The molecule has 0 aliphatic rings. The van der Waals surface area contributed by atoms with Gasteiger partial charge in [0.1, 0.15) is 11.4 Å². The predicted molar refractivity (Wildman–Crippen MR) is 123 cm³/mol. The van der Waals surface area contributed by atoms with Crippen molar-refractivity contribution in [3.63, 3.8) is 0 Å². The number of methoxy groups -OCH3 is 1. The van der Waals surface area contributed by atoms with Crippen LogP contribution >= 0.6 is 0 Å². The SMILES string of the molecule is COCOc1ccccc1-c1cc2cc(-c3cn(C(C(=O)O)C(C)C)nn3)c(C#N)cc2nn1. The van der Waals surface area contributed by atoms with Gasteiger partial charge in [-0.05, 0) is 36.2 Å². The summed E-state index contributed by atoms with van der Waals surface area (Å²) in [5.74, 6) is -0.597. The minimum Gasteiger partial charge on any atom is -0.480 e. The predicted octanol–water partition coefficient (Wildman–Crippen LogP) is 3.69. The molecule has 4 rings (SSSR count). The van der Waals surface area contributed by atoms with Crippen molar-refractivity contribution in [1.82, 2.24) is 25.2 Å². The normalized spacial score (nSPS) is 12.0. The number of carbonyl (C=O) groups is 1. The Bertz CT molecular complexity index is 1390. The van der Waals surface area contributed by atoms with Crippen molar-refractivity contribution in [1.29, 1.82) is 5.26 Å². The average Bonchev–Trinajstić information content (AvgIpc) is 3.30. The molecule has 1 N–H and O–H groups in total. The number of para-hydroxylation sites is 1. The molecule has 0 bridgehead atoms. The molecule has 1 unspecified atom stereocenters. The summed E-state index contributed by atoms with van der Waals surface area (Å²) < 4.78 is 12.0. The number of carboxylic acid groups (broad SMARTS) is 1. The van der Waals surface area contributed by atoms with Gasteiger partial charge < -0.3 is 14.6 Å². The Labute approximate surface area is 195 Å². The summed E-state index contributed by atoms with van der Waals surface area (Å²) >= 11 is 0. The molecule has 0 saturated heterocycles. The Hall–Kier alpha value is -4.36. The maximum atomic E-state index is 11.7. The summed E-state index contributed by atoms with van der Waals surface area (Å²) in [6.45, 7) is 3.69. The number of carboxylic acids is 1. The zero-order valence-electron chi connectivity index (χ0n) is 18.8. The zero-order valence-corrected chi connectivity index (χ0v) is 18.8. The molecule has 2 aromatic carbocycles. The molecule has 2 heterocycles. The van der Waals surface area contributed by atoms with Gasteiger partial charge in [0.25, 0.3) is 0 Å². The molecule has 0 radical (unpaired) electrons. The Morgan fingerprint density at radius 2 is 1.91 bits per heavy atom. The van der Waals surface area contributed by atoms with Gasteiger partial charge in [-0.15, -0.1) is 15.3 Å². The van der Waals surface area contributed by atoms with E-state index in [1.165, 1.54) is 4.68 Å². The van der Waals surface area contributed by atoms with Crippen LogP contribution in [0.25, 0.3) is 33.4 Å². The topological polar surface area (TPSA) is 136 Å². The van der Waals surface area contributed by atoms with Crippen LogP contribution in [-0.2, 0) is 9.53 Å². The number of benzene rings is 2. The summed E-state index contributed by atoms with van der Waals surface area (Å²) in [5.41, 5.74) is 3.13. The fraction of sp³-hybridized carbons (Fsp3) is 0.250. The number of hydrogen-bond acceptors (Lipinski definition) is 8. The number of hydrogen-bond donors (Lipinski definition) is 1. The van der Waals surface area contributed by atoms with E-state index >= 15 is 0 Å². The molecule has 4 aromatic rings. The summed E-state index contributed by atoms with van der Waals surface area (Å²) in [7, 11) is 1.54. The Morgan fingerprint density at radius 3 is 2.62 bits per heavy atom. The molecular weight excluding hydrogens is 436 g/mol. The van der Waals surface area contributed by atoms with Crippen LogP contribution in [0.1, 0.15) is 25.5 Å². The van der Waals surface area contributed by atoms with E-state index in [1.807, 2.05) is 30.3 Å². The van der Waals surface area contributed by atoms with Gasteiger partial charge in [0.15, 0.2) is 12.8 Å². The van der Waals surface area contributed by atoms with Crippen LogP contribution in [0, 0.1) is 17.2 Å². The van der Waals surface area contributed by atoms with Gasteiger partial charge in [0.05, 0.1) is 29.0 Å². The monoisotopic (exact) mass is 458 g/mol. The third-order valence-electron chi connectivity index (χ3n) is 5.30. The first-order valence-electron chi connectivity index (χ1n) is 10.5. The Kier molecular flexibility index (Phi) is 6.47. The largest absolute Gasteiger partial charge is 0.480 e. The van der Waals surface area contributed by atoms with E-state index in [9.17, 15) is 15.2 Å². The molecule has 0 spiro atoms. The molecule has 0 saturated carbocycles. The summed E-state index contributed by atoms with van der Waals surface area (Å²) in [5, 5.41) is 36.8. The fourth-order valence-electron chi connectivity index (χ4n) is 3.69. The summed E-state index contributed by atoms with van der Waals surface area (Å²) in [4.78, 5) is 11.7. The minimum absolute atomic E-state index is 0.0943. The standard InChI is InChI=1S/C24H22N6O4/c1-14(2)23(24(31)32)30-12-21(28-29-30)18-8-15-9-20(27-26-19(15)10-16(18)11-25)17-6-4-5-7-22(17)34-13-33-3/h4-10,12,14,23H,13H2,1-3H3,(H,31,32). The van der Waals surface area contributed by atoms with Crippen molar-refractivity contribution in [2.45, 2.75) is 19.9 Å². The zero-order chi connectivity index (χ0) is 24.2. The van der Waals surface area contributed by atoms with E-state index < -0.39 is 12.0 Å². The molecule has 0 amide bonds. The van der Waals surface area contributed by atoms with Gasteiger partial charge in [-0.1, -0.05) is 31.2 Å². The maximum absolute atomic E-state index is 11.7. The number of nitriles is 1. The van der Waals surface area contributed by atoms with Gasteiger partial charge in [-0.25, -0.2) is 9.48 Å². The van der Waals surface area contributed by atoms with Crippen LogP contribution in [0.3, 0.4) is 0 Å². The molecule has 1 atom stereocenters. The van der Waals surface area contributed by atoms with Gasteiger partial charge in [-0.3, -0.25) is 0 Å². The van der Waals surface area contributed by atoms with Crippen molar-refractivity contribution in [2.75, 3.05) is 13.9 Å². The molecule has 34 heavy (non-hydrogen) atoms. The van der Waals surface area contributed by atoms with Crippen LogP contribution in [0.4, 0.5) is 0 Å². The highest BCUT2D eigenvalue weighted by Crippen LogP contribution is 2.32. The Balaban J connectivity index is 1.80. The van der Waals surface area contributed by atoms with Crippen LogP contribution in [0.2, 0.25) is 0 Å². The summed E-state index contributed by atoms with van der Waals surface area (Å²) in [6, 6.07) is 14.0. The van der Waals surface area contributed by atoms with E-state index in [0.717, 1.165) is 10.9 Å². The van der Waals surface area contributed by atoms with Crippen molar-refractivity contribution in [3.8, 4) is 34.3 Å². The lowest BCUT2D eigenvalue weighted by Crippen LogP contribution is -2.24. The number of nitrogens with zero attached hydrogens (tertiary/aromatic N) is 6. The van der Waals surface area contributed by atoms with Crippen molar-refractivity contribution in [2.24, 2.45) is 5.92 Å². The molecule has 10 heteroatoms. The Morgan fingerprint density at radius 1 is 1.12 bits per heavy atom. The lowest BCUT2D eigenvalue weighted by atomic mass is 10.0. The number of fused-ring (bicyclic) bond motifs is 1. The highest BCUT2D eigenvalue weighted by Gasteiger charge is 2.25. The number of rotatable bonds is 8. The van der Waals surface area contributed by atoms with E-state index in [2.05, 4.69) is 26.6 Å². The highest BCUT2D eigenvalue weighted by atomic mass is 16.7. The van der Waals surface area contributed by atoms with Gasteiger partial charge >= 0.3 is 5.97 Å². The highest BCUT2D eigenvalue weighted by molar-refractivity contribution is 5.89. The number of ether oxygens (including phenoxy) is 2. The second-order valence-electron chi connectivity index (χ2n) is 7.96. The van der Waals surface area contributed by atoms with E-state index in [-0.39, 0.29) is 12.7 Å². The average molecular weight is 458 g/mol. The van der Waals surface area contributed by atoms with E-state index in [0.29, 0.717) is 33.8 Å². The van der Waals surface area contributed by atoms with Gasteiger partial charge in [0.2, 0.25) is 0 Å². The lowest BCUT2D eigenvalue weighted by molar-refractivity contribution is -0.142. The second kappa shape index (κ2) is 9.64. The molecule has 0 aliphatic carbocycles. The van der Waals surface area contributed by atoms with Crippen molar-refractivity contribution >= 4 is 16.9 Å². The first-order valence-corrected chi connectivity index (χ1v) is 10.5. The van der Waals surface area contributed by atoms with E-state index in [1.54, 1.807) is 39.3 Å². The smallest absolute Gasteiger partial charge is 0.328 e. The van der Waals surface area contributed by atoms with Gasteiger partial charge in [-0.2, -0.15) is 5.26 Å². The molecule has 2 aromatic heterocycles. The number of aliphatic carboxylic acids is 1. The second-order valence-corrected chi connectivity index (χ2v) is 7.96. The van der Waals surface area contributed by atoms with Gasteiger partial charge in [0, 0.05) is 23.6 Å². The van der Waals surface area contributed by atoms with E-state index in [4.69, 9.17) is 9.47 Å². The summed E-state index contributed by atoms with van der Waals surface area (Å²) in [6.07, 6.45) is 1.55. The lowest BCUT2D eigenvalue weighted by Gasteiger charge is -2.15. The third-order valence-corrected chi connectivity index (χ3v) is 5.30. The van der Waals surface area contributed by atoms with Crippen LogP contribution in [-0.4, -0.2) is 50.2 Å². The first-order chi connectivity index (χ1) is 16.4. The molecule has 0 aliphatic heterocycles. The van der Waals surface area contributed by atoms with Crippen LogP contribution < -0.4 is 4.74 Å². The fourth-order valence-corrected chi connectivity index (χ4v) is 3.69. The molecule has 0 fully saturated rings. The minimum atomic E-state index is -1.00. The molecule has 10 nitrogen and oxygen atoms in total. The first kappa shape index (κ1) is 22.8. The van der Waals surface area contributed by atoms with Crippen molar-refractivity contribution in [3.05, 3.63) is 54.2 Å². The molecular formula is C24H22N6O4. The number of aromatic nitrogens is 5. The molecule has 172 valence electrons. The van der Waals surface area contributed by atoms with Crippen LogP contribution in [0.15, 0.2) is 48.7 Å². The quantitative estimate of drug-likeness (QED) is 0.392. The van der Waals surface area contributed by atoms with Crippen LogP contribution in [0.5, 0.6) is 5.75 Å².